The van der Waals surface area contributed by atoms with Crippen LogP contribution in [-0.4, -0.2) is 41.7 Å². The first-order valence-electron chi connectivity index (χ1n) is 5.68. The van der Waals surface area contributed by atoms with Gasteiger partial charge < -0.3 is 15.7 Å². The summed E-state index contributed by atoms with van der Waals surface area (Å²) >= 11 is 0. The molecule has 1 aliphatic heterocycles. The summed E-state index contributed by atoms with van der Waals surface area (Å²) < 4.78 is 0. The van der Waals surface area contributed by atoms with E-state index < -0.39 is 0 Å². The monoisotopic (exact) mass is 214 g/mol. The quantitative estimate of drug-likeness (QED) is 0.702. The molecule has 0 aliphatic carbocycles. The number of carbonyl (C=O) groups excluding carboxylic acids is 1. The second kappa shape index (κ2) is 5.47. The number of carbonyl (C=O) groups is 1. The molecule has 0 radical (unpaired) electrons. The van der Waals surface area contributed by atoms with Crippen LogP contribution in [0.4, 0.5) is 0 Å². The maximum Gasteiger partial charge on any atom is 0.224 e. The predicted molar refractivity (Wildman–Crippen MR) is 59.2 cm³/mol. The van der Waals surface area contributed by atoms with Gasteiger partial charge in [-0.15, -0.1) is 0 Å². The van der Waals surface area contributed by atoms with Gasteiger partial charge in [-0.25, -0.2) is 0 Å². The lowest BCUT2D eigenvalue weighted by molar-refractivity contribution is -0.130. The third-order valence-corrected chi connectivity index (χ3v) is 3.16. The Kier molecular flexibility index (Phi) is 4.54. The summed E-state index contributed by atoms with van der Waals surface area (Å²) in [4.78, 5) is 13.6. The zero-order chi connectivity index (χ0) is 11.4. The van der Waals surface area contributed by atoms with Crippen molar-refractivity contribution in [3.8, 4) is 0 Å². The fourth-order valence-corrected chi connectivity index (χ4v) is 1.77. The second-order valence-electron chi connectivity index (χ2n) is 4.79. The van der Waals surface area contributed by atoms with Gasteiger partial charge >= 0.3 is 0 Å². The van der Waals surface area contributed by atoms with Crippen LogP contribution in [0, 0.1) is 11.8 Å². The van der Waals surface area contributed by atoms with Crippen LogP contribution in [0.3, 0.4) is 0 Å². The zero-order valence-electron chi connectivity index (χ0n) is 9.65. The van der Waals surface area contributed by atoms with E-state index in [0.29, 0.717) is 18.9 Å². The fourth-order valence-electron chi connectivity index (χ4n) is 1.77. The topological polar surface area (TPSA) is 66.6 Å². The van der Waals surface area contributed by atoms with E-state index in [1.54, 1.807) is 0 Å². The minimum Gasteiger partial charge on any atom is -0.396 e. The molecule has 1 fully saturated rings. The number of rotatable bonds is 4. The van der Waals surface area contributed by atoms with Gasteiger partial charge in [-0.1, -0.05) is 13.8 Å². The first-order valence-corrected chi connectivity index (χ1v) is 5.68. The van der Waals surface area contributed by atoms with Crippen molar-refractivity contribution in [2.24, 2.45) is 17.6 Å². The Labute approximate surface area is 91.4 Å². The number of nitrogens with two attached hydrogens (primary N) is 1. The lowest BCUT2D eigenvalue weighted by Gasteiger charge is -2.20. The molecule has 1 amide bonds. The van der Waals surface area contributed by atoms with E-state index in [-0.39, 0.29) is 24.5 Å². The third kappa shape index (κ3) is 3.47. The maximum absolute atomic E-state index is 11.8. The molecule has 2 unspecified atom stereocenters. The van der Waals surface area contributed by atoms with Gasteiger partial charge in [-0.3, -0.25) is 4.79 Å². The van der Waals surface area contributed by atoms with E-state index in [0.717, 1.165) is 13.0 Å². The Morgan fingerprint density at radius 2 is 2.27 bits per heavy atom. The molecule has 0 aromatic rings. The van der Waals surface area contributed by atoms with Crippen molar-refractivity contribution in [3.05, 3.63) is 0 Å². The number of aliphatic hydroxyl groups is 1. The summed E-state index contributed by atoms with van der Waals surface area (Å²) in [6.07, 6.45) is 1.34. The lowest BCUT2D eigenvalue weighted by Crippen LogP contribution is -2.37. The molecule has 88 valence electrons. The number of hydrogen-bond acceptors (Lipinski definition) is 3. The number of hydrogen-bond donors (Lipinski definition) is 2. The van der Waals surface area contributed by atoms with Crippen molar-refractivity contribution >= 4 is 5.91 Å². The van der Waals surface area contributed by atoms with Gasteiger partial charge in [0, 0.05) is 38.1 Å². The van der Waals surface area contributed by atoms with Crippen LogP contribution in [0.2, 0.25) is 0 Å². The minimum absolute atomic E-state index is 0.0503. The summed E-state index contributed by atoms with van der Waals surface area (Å²) in [6, 6.07) is -0.0503. The highest BCUT2D eigenvalue weighted by Crippen LogP contribution is 2.17. The molecule has 0 spiro atoms. The number of amides is 1. The molecule has 0 bridgehead atoms. The van der Waals surface area contributed by atoms with Crippen molar-refractivity contribution in [1.29, 1.82) is 0 Å². The Morgan fingerprint density at radius 3 is 2.73 bits per heavy atom. The van der Waals surface area contributed by atoms with Crippen molar-refractivity contribution in [1.82, 2.24) is 4.90 Å². The van der Waals surface area contributed by atoms with E-state index in [1.165, 1.54) is 0 Å². The van der Waals surface area contributed by atoms with Crippen LogP contribution in [0.25, 0.3) is 0 Å². The molecule has 1 heterocycles. The SMILES string of the molecule is CC(C)C(N)CC(=O)N1CCC(CO)C1. The molecule has 0 saturated carbocycles. The predicted octanol–water partition coefficient (Wildman–Crippen LogP) is 0.201. The summed E-state index contributed by atoms with van der Waals surface area (Å²) in [5.74, 6) is 0.738. The Morgan fingerprint density at radius 1 is 1.60 bits per heavy atom. The number of aliphatic hydroxyl groups excluding tert-OH is 1. The summed E-state index contributed by atoms with van der Waals surface area (Å²) in [5, 5.41) is 8.97. The molecule has 15 heavy (non-hydrogen) atoms. The molecule has 4 nitrogen and oxygen atoms in total. The van der Waals surface area contributed by atoms with Crippen LogP contribution >= 0.6 is 0 Å². The van der Waals surface area contributed by atoms with Crippen molar-refractivity contribution in [3.63, 3.8) is 0 Å². The van der Waals surface area contributed by atoms with Crippen LogP contribution in [0.5, 0.6) is 0 Å². The summed E-state index contributed by atoms with van der Waals surface area (Å²) in [7, 11) is 0. The maximum atomic E-state index is 11.8. The third-order valence-electron chi connectivity index (χ3n) is 3.16. The first-order chi connectivity index (χ1) is 7.04. The van der Waals surface area contributed by atoms with Gasteiger partial charge in [-0.2, -0.15) is 0 Å². The van der Waals surface area contributed by atoms with Gasteiger partial charge in [0.05, 0.1) is 0 Å². The summed E-state index contributed by atoms with van der Waals surface area (Å²) in [6.45, 7) is 5.70. The van der Waals surface area contributed by atoms with Crippen molar-refractivity contribution in [2.45, 2.75) is 32.7 Å². The van der Waals surface area contributed by atoms with Crippen LogP contribution in [-0.2, 0) is 4.79 Å². The molecule has 1 rings (SSSR count). The number of nitrogens with zero attached hydrogens (tertiary/aromatic N) is 1. The Hall–Kier alpha value is -0.610. The highest BCUT2D eigenvalue weighted by Gasteiger charge is 2.26. The van der Waals surface area contributed by atoms with Crippen LogP contribution < -0.4 is 5.73 Å². The highest BCUT2D eigenvalue weighted by atomic mass is 16.3. The fraction of sp³-hybridized carbons (Fsp3) is 0.909. The molecular formula is C11H22N2O2. The molecule has 4 heteroatoms. The second-order valence-corrected chi connectivity index (χ2v) is 4.79. The average Bonchev–Trinajstić information content (AvgIpc) is 2.65. The zero-order valence-corrected chi connectivity index (χ0v) is 9.65. The van der Waals surface area contributed by atoms with Crippen LogP contribution in [0.1, 0.15) is 26.7 Å². The highest BCUT2D eigenvalue weighted by molar-refractivity contribution is 5.77. The summed E-state index contributed by atoms with van der Waals surface area (Å²) in [5.41, 5.74) is 5.86. The van der Waals surface area contributed by atoms with Gasteiger partial charge in [0.15, 0.2) is 0 Å². The van der Waals surface area contributed by atoms with Gasteiger partial charge in [0.25, 0.3) is 0 Å². The molecule has 1 saturated heterocycles. The van der Waals surface area contributed by atoms with Gasteiger partial charge in [-0.05, 0) is 12.3 Å². The Bertz CT molecular complexity index is 219. The molecule has 0 aromatic heterocycles. The van der Waals surface area contributed by atoms with Crippen molar-refractivity contribution in [2.75, 3.05) is 19.7 Å². The van der Waals surface area contributed by atoms with E-state index in [9.17, 15) is 4.79 Å². The molecule has 2 atom stereocenters. The normalized spacial score (nSPS) is 23.5. The Balaban J connectivity index is 2.35. The largest absolute Gasteiger partial charge is 0.396 e. The van der Waals surface area contributed by atoms with E-state index in [4.69, 9.17) is 10.8 Å². The first kappa shape index (κ1) is 12.5. The van der Waals surface area contributed by atoms with Gasteiger partial charge in [0.2, 0.25) is 5.91 Å². The minimum atomic E-state index is -0.0503. The van der Waals surface area contributed by atoms with E-state index in [1.807, 2.05) is 18.7 Å². The van der Waals surface area contributed by atoms with Crippen molar-refractivity contribution < 1.29 is 9.90 Å². The molecule has 3 N–H and O–H groups in total. The molecule has 1 aliphatic rings. The van der Waals surface area contributed by atoms with E-state index in [2.05, 4.69) is 0 Å². The standard InChI is InChI=1S/C11H22N2O2/c1-8(2)10(12)5-11(15)13-4-3-9(6-13)7-14/h8-10,14H,3-7,12H2,1-2H3. The smallest absolute Gasteiger partial charge is 0.224 e. The lowest BCUT2D eigenvalue weighted by atomic mass is 10.0. The van der Waals surface area contributed by atoms with Gasteiger partial charge in [0.1, 0.15) is 0 Å². The average molecular weight is 214 g/mol. The molecule has 0 aromatic carbocycles. The van der Waals surface area contributed by atoms with Crippen LogP contribution in [0.15, 0.2) is 0 Å². The number of likely N-dealkylation sites (tertiary alicyclic amines) is 1. The van der Waals surface area contributed by atoms with E-state index >= 15 is 0 Å². The molecular weight excluding hydrogens is 192 g/mol.